The first kappa shape index (κ1) is 13.9. The van der Waals surface area contributed by atoms with Crippen LogP contribution < -0.4 is 5.73 Å². The normalized spacial score (nSPS) is 17.5. The summed E-state index contributed by atoms with van der Waals surface area (Å²) in [6.07, 6.45) is 7.62. The number of thiocarbonyl (C=S) groups is 1. The Morgan fingerprint density at radius 1 is 1.38 bits per heavy atom. The van der Waals surface area contributed by atoms with Crippen LogP contribution in [0.3, 0.4) is 0 Å². The van der Waals surface area contributed by atoms with Crippen molar-refractivity contribution >= 4 is 17.2 Å². The van der Waals surface area contributed by atoms with Crippen LogP contribution in [0.5, 0.6) is 0 Å². The Labute approximate surface area is 106 Å². The molecule has 1 aliphatic rings. The summed E-state index contributed by atoms with van der Waals surface area (Å²) in [5, 5.41) is 0. The quantitative estimate of drug-likeness (QED) is 0.696. The summed E-state index contributed by atoms with van der Waals surface area (Å²) in [5.74, 6) is 0.755. The van der Waals surface area contributed by atoms with Gasteiger partial charge in [0.05, 0.1) is 4.99 Å². The van der Waals surface area contributed by atoms with Crippen molar-refractivity contribution in [1.29, 1.82) is 0 Å². The largest absolute Gasteiger partial charge is 0.393 e. The van der Waals surface area contributed by atoms with Crippen LogP contribution in [0.4, 0.5) is 0 Å². The number of nitrogens with two attached hydrogens (primary N) is 1. The molecule has 0 heterocycles. The van der Waals surface area contributed by atoms with Gasteiger partial charge in [0.25, 0.3) is 0 Å². The summed E-state index contributed by atoms with van der Waals surface area (Å²) in [4.78, 5) is 3.33. The van der Waals surface area contributed by atoms with Crippen molar-refractivity contribution in [1.82, 2.24) is 4.90 Å². The number of nitrogens with zero attached hydrogens (tertiary/aromatic N) is 1. The molecule has 0 aromatic carbocycles. The molecule has 0 amide bonds. The average Bonchev–Trinajstić information content (AvgIpc) is 2.67. The summed E-state index contributed by atoms with van der Waals surface area (Å²) >= 11 is 4.93. The predicted octanol–water partition coefficient (Wildman–Crippen LogP) is 2.95. The van der Waals surface area contributed by atoms with Gasteiger partial charge in [-0.05, 0) is 38.1 Å². The molecule has 0 unspecified atom stereocenters. The van der Waals surface area contributed by atoms with E-state index in [1.165, 1.54) is 38.8 Å². The maximum atomic E-state index is 5.55. The summed E-state index contributed by atoms with van der Waals surface area (Å²) in [5.41, 5.74) is 5.55. The molecular weight excluding hydrogens is 216 g/mol. The molecule has 0 aliphatic heterocycles. The van der Waals surface area contributed by atoms with E-state index in [0.717, 1.165) is 24.8 Å². The van der Waals surface area contributed by atoms with Crippen LogP contribution in [0.15, 0.2) is 0 Å². The van der Waals surface area contributed by atoms with Crippen LogP contribution in [0.2, 0.25) is 0 Å². The third kappa shape index (κ3) is 5.26. The fourth-order valence-electron chi connectivity index (χ4n) is 2.62. The maximum Gasteiger partial charge on any atom is 0.0727 e. The molecule has 2 nitrogen and oxygen atoms in total. The molecule has 16 heavy (non-hydrogen) atoms. The van der Waals surface area contributed by atoms with Crippen LogP contribution in [-0.4, -0.2) is 29.0 Å². The first-order valence-electron chi connectivity index (χ1n) is 6.62. The van der Waals surface area contributed by atoms with E-state index in [1.54, 1.807) is 0 Å². The van der Waals surface area contributed by atoms with Crippen LogP contribution >= 0.6 is 12.2 Å². The van der Waals surface area contributed by atoms with E-state index in [-0.39, 0.29) is 0 Å². The second-order valence-corrected chi connectivity index (χ2v) is 5.92. The van der Waals surface area contributed by atoms with Crippen LogP contribution in [-0.2, 0) is 0 Å². The second kappa shape index (κ2) is 7.23. The van der Waals surface area contributed by atoms with Gasteiger partial charge in [-0.25, -0.2) is 0 Å². The molecule has 0 bridgehead atoms. The molecule has 94 valence electrons. The van der Waals surface area contributed by atoms with Crippen molar-refractivity contribution in [3.63, 3.8) is 0 Å². The highest BCUT2D eigenvalue weighted by Gasteiger charge is 2.22. The van der Waals surface area contributed by atoms with Crippen LogP contribution in [0, 0.1) is 5.92 Å². The van der Waals surface area contributed by atoms with Gasteiger partial charge in [0.1, 0.15) is 0 Å². The van der Waals surface area contributed by atoms with Gasteiger partial charge < -0.3 is 10.6 Å². The molecule has 1 fully saturated rings. The molecule has 0 atom stereocenters. The van der Waals surface area contributed by atoms with Gasteiger partial charge in [-0.3, -0.25) is 0 Å². The molecule has 2 N–H and O–H groups in total. The van der Waals surface area contributed by atoms with Gasteiger partial charge in [0.2, 0.25) is 0 Å². The molecule has 0 saturated heterocycles. The number of rotatable bonds is 7. The summed E-state index contributed by atoms with van der Waals surface area (Å²) in [6, 6.07) is 0.828. The first-order valence-corrected chi connectivity index (χ1v) is 7.02. The minimum absolute atomic E-state index is 0.663. The van der Waals surface area contributed by atoms with E-state index >= 15 is 0 Å². The SMILES string of the molecule is CC(C)CN(CCCC(N)=S)C1CCCC1. The minimum Gasteiger partial charge on any atom is -0.393 e. The molecule has 1 rings (SSSR count). The second-order valence-electron chi connectivity index (χ2n) is 5.40. The van der Waals surface area contributed by atoms with Crippen molar-refractivity contribution in [3.8, 4) is 0 Å². The molecule has 1 saturated carbocycles. The van der Waals surface area contributed by atoms with Gasteiger partial charge in [0, 0.05) is 12.6 Å². The Kier molecular flexibility index (Phi) is 6.29. The Bertz CT molecular complexity index is 210. The predicted molar refractivity (Wildman–Crippen MR) is 74.7 cm³/mol. The lowest BCUT2D eigenvalue weighted by atomic mass is 10.1. The van der Waals surface area contributed by atoms with Gasteiger partial charge in [-0.15, -0.1) is 0 Å². The van der Waals surface area contributed by atoms with E-state index in [9.17, 15) is 0 Å². The monoisotopic (exact) mass is 242 g/mol. The zero-order valence-electron chi connectivity index (χ0n) is 10.7. The Hall–Kier alpha value is -0.150. The summed E-state index contributed by atoms with van der Waals surface area (Å²) < 4.78 is 0. The van der Waals surface area contributed by atoms with Gasteiger partial charge >= 0.3 is 0 Å². The highest BCUT2D eigenvalue weighted by Crippen LogP contribution is 2.24. The van der Waals surface area contributed by atoms with Crippen molar-refractivity contribution < 1.29 is 0 Å². The molecule has 0 aromatic heterocycles. The lowest BCUT2D eigenvalue weighted by Gasteiger charge is -2.30. The zero-order chi connectivity index (χ0) is 12.0. The highest BCUT2D eigenvalue weighted by molar-refractivity contribution is 7.80. The maximum absolute atomic E-state index is 5.55. The number of hydrogen-bond acceptors (Lipinski definition) is 2. The molecule has 0 spiro atoms. The Balaban J connectivity index is 2.33. The van der Waals surface area contributed by atoms with Crippen molar-refractivity contribution in [2.45, 2.75) is 58.4 Å². The van der Waals surface area contributed by atoms with E-state index < -0.39 is 0 Å². The van der Waals surface area contributed by atoms with E-state index in [1.807, 2.05) is 0 Å². The van der Waals surface area contributed by atoms with Gasteiger partial charge in [-0.2, -0.15) is 0 Å². The Morgan fingerprint density at radius 2 is 2.00 bits per heavy atom. The molecule has 3 heteroatoms. The lowest BCUT2D eigenvalue weighted by molar-refractivity contribution is 0.176. The summed E-state index contributed by atoms with van der Waals surface area (Å²) in [6.45, 7) is 6.99. The highest BCUT2D eigenvalue weighted by atomic mass is 32.1. The zero-order valence-corrected chi connectivity index (χ0v) is 11.6. The molecular formula is C13H26N2S. The van der Waals surface area contributed by atoms with Gasteiger partial charge in [-0.1, -0.05) is 38.9 Å². The van der Waals surface area contributed by atoms with E-state index in [2.05, 4.69) is 18.7 Å². The lowest BCUT2D eigenvalue weighted by Crippen LogP contribution is -2.37. The summed E-state index contributed by atoms with van der Waals surface area (Å²) in [7, 11) is 0. The van der Waals surface area contributed by atoms with Gasteiger partial charge in [0.15, 0.2) is 0 Å². The van der Waals surface area contributed by atoms with Crippen LogP contribution in [0.1, 0.15) is 52.4 Å². The molecule has 1 aliphatic carbocycles. The average molecular weight is 242 g/mol. The minimum atomic E-state index is 0.663. The van der Waals surface area contributed by atoms with Crippen molar-refractivity contribution in [2.75, 3.05) is 13.1 Å². The van der Waals surface area contributed by atoms with E-state index in [4.69, 9.17) is 18.0 Å². The third-order valence-electron chi connectivity index (χ3n) is 3.31. The van der Waals surface area contributed by atoms with Crippen molar-refractivity contribution in [3.05, 3.63) is 0 Å². The van der Waals surface area contributed by atoms with E-state index in [0.29, 0.717) is 4.99 Å². The third-order valence-corrected chi connectivity index (χ3v) is 3.51. The standard InChI is InChI=1S/C13H26N2S/c1-11(2)10-15(9-5-8-13(14)16)12-6-3-4-7-12/h11-12H,3-10H2,1-2H3,(H2,14,16). The van der Waals surface area contributed by atoms with Crippen LogP contribution in [0.25, 0.3) is 0 Å². The topological polar surface area (TPSA) is 29.3 Å². The number of hydrogen-bond donors (Lipinski definition) is 1. The Morgan fingerprint density at radius 3 is 2.50 bits per heavy atom. The smallest absolute Gasteiger partial charge is 0.0727 e. The molecule has 0 radical (unpaired) electrons. The van der Waals surface area contributed by atoms with Crippen molar-refractivity contribution in [2.24, 2.45) is 11.7 Å². The first-order chi connectivity index (χ1) is 7.59. The fraction of sp³-hybridized carbons (Fsp3) is 0.923. The fourth-order valence-corrected chi connectivity index (χ4v) is 2.76. The molecule has 0 aromatic rings.